The maximum atomic E-state index is 12.4. The smallest absolute Gasteiger partial charge is 0.240 e. The summed E-state index contributed by atoms with van der Waals surface area (Å²) in [4.78, 5) is 14.9. The van der Waals surface area contributed by atoms with Crippen LogP contribution in [0.15, 0.2) is 24.3 Å². The first-order valence-corrected chi connectivity index (χ1v) is 12.8. The van der Waals surface area contributed by atoms with Crippen molar-refractivity contribution in [2.24, 2.45) is 0 Å². The van der Waals surface area contributed by atoms with Gasteiger partial charge in [-0.15, -0.1) is 0 Å². The number of piperidine rings is 1. The number of anilines is 1. The maximum absolute atomic E-state index is 12.4. The van der Waals surface area contributed by atoms with Crippen molar-refractivity contribution in [3.8, 4) is 5.75 Å². The molecule has 2 rings (SSSR count). The SMILES string of the molecule is CCC1CCCCN1CCCNC(=O)CN(c1ccc(OC(C)C)cc1)S(C)(=O)=O. The minimum Gasteiger partial charge on any atom is -0.491 e. The van der Waals surface area contributed by atoms with E-state index >= 15 is 0 Å². The van der Waals surface area contributed by atoms with Gasteiger partial charge in [-0.3, -0.25) is 9.10 Å². The van der Waals surface area contributed by atoms with Crippen LogP contribution >= 0.6 is 0 Å². The molecule has 1 aliphatic heterocycles. The molecule has 0 spiro atoms. The largest absolute Gasteiger partial charge is 0.491 e. The van der Waals surface area contributed by atoms with Crippen LogP contribution in [-0.4, -0.2) is 63.8 Å². The molecule has 7 nitrogen and oxygen atoms in total. The number of carbonyl (C=O) groups excluding carboxylic acids is 1. The van der Waals surface area contributed by atoms with Crippen LogP contribution in [0, 0.1) is 0 Å². The Morgan fingerprint density at radius 2 is 1.97 bits per heavy atom. The first-order chi connectivity index (χ1) is 14.2. The fraction of sp³-hybridized carbons (Fsp3) is 0.682. The third kappa shape index (κ3) is 7.80. The third-order valence-electron chi connectivity index (χ3n) is 5.35. The predicted molar refractivity (Wildman–Crippen MR) is 122 cm³/mol. The summed E-state index contributed by atoms with van der Waals surface area (Å²) in [5.41, 5.74) is 0.447. The molecule has 0 radical (unpaired) electrons. The van der Waals surface area contributed by atoms with Gasteiger partial charge in [0.15, 0.2) is 0 Å². The van der Waals surface area contributed by atoms with E-state index in [2.05, 4.69) is 17.1 Å². The molecule has 0 aliphatic carbocycles. The Labute approximate surface area is 181 Å². The maximum Gasteiger partial charge on any atom is 0.240 e. The van der Waals surface area contributed by atoms with Crippen LogP contribution in [0.5, 0.6) is 5.75 Å². The molecule has 8 heteroatoms. The lowest BCUT2D eigenvalue weighted by molar-refractivity contribution is -0.119. The van der Waals surface area contributed by atoms with Crippen LogP contribution in [0.3, 0.4) is 0 Å². The van der Waals surface area contributed by atoms with Crippen LogP contribution < -0.4 is 14.4 Å². The molecular formula is C22H37N3O4S. The molecule has 1 fully saturated rings. The van der Waals surface area contributed by atoms with Crippen LogP contribution in [0.1, 0.15) is 52.9 Å². The predicted octanol–water partition coefficient (Wildman–Crippen LogP) is 3.01. The number of benzene rings is 1. The van der Waals surface area contributed by atoms with Crippen molar-refractivity contribution in [2.45, 2.75) is 65.0 Å². The zero-order valence-electron chi connectivity index (χ0n) is 18.8. The highest BCUT2D eigenvalue weighted by molar-refractivity contribution is 7.92. The molecule has 1 heterocycles. The second-order valence-electron chi connectivity index (χ2n) is 8.23. The lowest BCUT2D eigenvalue weighted by Crippen LogP contribution is -2.42. The number of amides is 1. The second kappa shape index (κ2) is 11.6. The van der Waals surface area contributed by atoms with Crippen molar-refractivity contribution in [1.29, 1.82) is 0 Å². The van der Waals surface area contributed by atoms with Gasteiger partial charge in [-0.1, -0.05) is 13.3 Å². The minimum absolute atomic E-state index is 0.0326. The van der Waals surface area contributed by atoms with E-state index in [1.165, 1.54) is 19.3 Å². The number of ether oxygens (including phenoxy) is 1. The fourth-order valence-corrected chi connectivity index (χ4v) is 4.73. The monoisotopic (exact) mass is 439 g/mol. The molecule has 1 aromatic carbocycles. The molecule has 30 heavy (non-hydrogen) atoms. The van der Waals surface area contributed by atoms with Gasteiger partial charge in [0.2, 0.25) is 15.9 Å². The third-order valence-corrected chi connectivity index (χ3v) is 6.49. The molecule has 1 aliphatic rings. The molecule has 1 unspecified atom stereocenters. The topological polar surface area (TPSA) is 79.0 Å². The Kier molecular flexibility index (Phi) is 9.42. The van der Waals surface area contributed by atoms with Gasteiger partial charge in [0, 0.05) is 19.1 Å². The Balaban J connectivity index is 1.86. The standard InChI is InChI=1S/C22H37N3O4S/c1-5-19-9-6-7-15-24(19)16-8-14-23-22(26)17-25(30(4,27)28)20-10-12-21(13-11-20)29-18(2)3/h10-13,18-19H,5-9,14-17H2,1-4H3,(H,23,26). The highest BCUT2D eigenvalue weighted by atomic mass is 32.2. The van der Waals surface area contributed by atoms with E-state index in [1.54, 1.807) is 24.3 Å². The van der Waals surface area contributed by atoms with Gasteiger partial charge in [0.05, 0.1) is 18.0 Å². The Morgan fingerprint density at radius 3 is 2.57 bits per heavy atom. The lowest BCUT2D eigenvalue weighted by atomic mass is 10.00. The van der Waals surface area contributed by atoms with Crippen molar-refractivity contribution in [3.63, 3.8) is 0 Å². The summed E-state index contributed by atoms with van der Waals surface area (Å²) in [5.74, 6) is 0.364. The summed E-state index contributed by atoms with van der Waals surface area (Å²) in [6.45, 7) is 8.49. The number of carbonyl (C=O) groups is 1. The van der Waals surface area contributed by atoms with Crippen molar-refractivity contribution in [3.05, 3.63) is 24.3 Å². The number of hydrogen-bond acceptors (Lipinski definition) is 5. The quantitative estimate of drug-likeness (QED) is 0.536. The van der Waals surface area contributed by atoms with Crippen LogP contribution in [0.4, 0.5) is 5.69 Å². The Hall–Kier alpha value is -1.80. The van der Waals surface area contributed by atoms with Crippen molar-refractivity contribution in [1.82, 2.24) is 10.2 Å². The van der Waals surface area contributed by atoms with Gasteiger partial charge < -0.3 is 15.0 Å². The van der Waals surface area contributed by atoms with E-state index in [-0.39, 0.29) is 18.6 Å². The number of likely N-dealkylation sites (tertiary alicyclic amines) is 1. The summed E-state index contributed by atoms with van der Waals surface area (Å²) >= 11 is 0. The van der Waals surface area contributed by atoms with E-state index in [9.17, 15) is 13.2 Å². The second-order valence-corrected chi connectivity index (χ2v) is 10.1. The van der Waals surface area contributed by atoms with Crippen LogP contribution in [0.2, 0.25) is 0 Å². The van der Waals surface area contributed by atoms with Gasteiger partial charge in [0.1, 0.15) is 12.3 Å². The van der Waals surface area contributed by atoms with Crippen molar-refractivity contribution in [2.75, 3.05) is 36.7 Å². The molecule has 1 N–H and O–H groups in total. The van der Waals surface area contributed by atoms with E-state index in [0.717, 1.165) is 36.5 Å². The van der Waals surface area contributed by atoms with Crippen LogP contribution in [0.25, 0.3) is 0 Å². The zero-order valence-corrected chi connectivity index (χ0v) is 19.6. The van der Waals surface area contributed by atoms with Crippen molar-refractivity contribution < 1.29 is 17.9 Å². The minimum atomic E-state index is -3.58. The number of sulfonamides is 1. The number of rotatable bonds is 11. The lowest BCUT2D eigenvalue weighted by Gasteiger charge is -2.35. The van der Waals surface area contributed by atoms with Gasteiger partial charge >= 0.3 is 0 Å². The summed E-state index contributed by atoms with van der Waals surface area (Å²) in [6.07, 6.45) is 6.97. The zero-order chi connectivity index (χ0) is 22.1. The van der Waals surface area contributed by atoms with Gasteiger partial charge in [-0.05, 0) is 70.3 Å². The summed E-state index contributed by atoms with van der Waals surface area (Å²) in [5, 5.41) is 2.87. The van der Waals surface area contributed by atoms with E-state index in [1.807, 2.05) is 13.8 Å². The molecule has 1 amide bonds. The molecule has 1 saturated heterocycles. The molecule has 0 bridgehead atoms. The summed E-state index contributed by atoms with van der Waals surface area (Å²) < 4.78 is 31.2. The average molecular weight is 440 g/mol. The molecule has 1 atom stereocenters. The van der Waals surface area contributed by atoms with E-state index < -0.39 is 10.0 Å². The molecule has 170 valence electrons. The highest BCUT2D eigenvalue weighted by Gasteiger charge is 2.22. The molecule has 1 aromatic rings. The fourth-order valence-electron chi connectivity index (χ4n) is 3.88. The number of hydrogen-bond donors (Lipinski definition) is 1. The molecule has 0 aromatic heterocycles. The number of nitrogens with one attached hydrogen (secondary N) is 1. The number of nitrogens with zero attached hydrogens (tertiary/aromatic N) is 2. The van der Waals surface area contributed by atoms with Gasteiger partial charge in [-0.25, -0.2) is 8.42 Å². The highest BCUT2D eigenvalue weighted by Crippen LogP contribution is 2.22. The Morgan fingerprint density at radius 1 is 1.27 bits per heavy atom. The van der Waals surface area contributed by atoms with Gasteiger partial charge in [0.25, 0.3) is 0 Å². The van der Waals surface area contributed by atoms with E-state index in [4.69, 9.17) is 4.74 Å². The van der Waals surface area contributed by atoms with Crippen molar-refractivity contribution >= 4 is 21.6 Å². The van der Waals surface area contributed by atoms with E-state index in [0.29, 0.717) is 24.0 Å². The first kappa shape index (κ1) is 24.5. The molecular weight excluding hydrogens is 402 g/mol. The molecule has 0 saturated carbocycles. The summed E-state index contributed by atoms with van der Waals surface area (Å²) in [7, 11) is -3.58. The van der Waals surface area contributed by atoms with Crippen LogP contribution in [-0.2, 0) is 14.8 Å². The average Bonchev–Trinajstić information content (AvgIpc) is 2.69. The summed E-state index contributed by atoms with van der Waals surface area (Å²) in [6, 6.07) is 7.40. The Bertz CT molecular complexity index is 765. The van der Waals surface area contributed by atoms with Gasteiger partial charge in [-0.2, -0.15) is 0 Å². The normalized spacial score (nSPS) is 17.7. The first-order valence-electron chi connectivity index (χ1n) is 11.0.